The van der Waals surface area contributed by atoms with Gasteiger partial charge in [0.05, 0.1) is 11.9 Å². The third kappa shape index (κ3) is 4.94. The van der Waals surface area contributed by atoms with Crippen LogP contribution >= 0.6 is 0 Å². The molecule has 0 saturated carbocycles. The van der Waals surface area contributed by atoms with Crippen LogP contribution in [-0.4, -0.2) is 16.8 Å². The molecule has 142 valence electrons. The first-order chi connectivity index (χ1) is 13.4. The number of amides is 2. The zero-order valence-electron chi connectivity index (χ0n) is 16.0. The molecule has 0 aliphatic rings. The van der Waals surface area contributed by atoms with E-state index in [1.54, 1.807) is 18.3 Å². The Labute approximate surface area is 164 Å². The topological polar surface area (TPSA) is 83.1 Å². The fraction of sp³-hybridized carbons (Fsp3) is 0.136. The van der Waals surface area contributed by atoms with Crippen molar-refractivity contribution >= 4 is 34.6 Å². The summed E-state index contributed by atoms with van der Waals surface area (Å²) < 4.78 is 0. The monoisotopic (exact) mass is 374 g/mol. The summed E-state index contributed by atoms with van der Waals surface area (Å²) in [7, 11) is 0. The average Bonchev–Trinajstić information content (AvgIpc) is 2.65. The standard InChI is InChI=1S/C22H22N4O2/c1-14-7-8-15(2)21(11-14)26-22(28)20-10-9-19(13-23-20)25-18-6-4-5-17(12-18)24-16(3)27/h4-13,25H,1-3H3,(H,24,27)(H,26,28). The number of hydrogen-bond acceptors (Lipinski definition) is 4. The van der Waals surface area contributed by atoms with Crippen LogP contribution in [0.15, 0.2) is 60.8 Å². The lowest BCUT2D eigenvalue weighted by Crippen LogP contribution is -2.14. The van der Waals surface area contributed by atoms with Crippen LogP contribution in [-0.2, 0) is 4.79 Å². The zero-order chi connectivity index (χ0) is 20.1. The largest absolute Gasteiger partial charge is 0.354 e. The summed E-state index contributed by atoms with van der Waals surface area (Å²) in [6.45, 7) is 5.39. The van der Waals surface area contributed by atoms with E-state index in [0.29, 0.717) is 11.4 Å². The molecule has 6 heteroatoms. The Balaban J connectivity index is 1.68. The van der Waals surface area contributed by atoms with E-state index >= 15 is 0 Å². The van der Waals surface area contributed by atoms with Crippen LogP contribution in [0, 0.1) is 13.8 Å². The van der Waals surface area contributed by atoms with Gasteiger partial charge in [-0.2, -0.15) is 0 Å². The Hall–Kier alpha value is -3.67. The molecule has 28 heavy (non-hydrogen) atoms. The van der Waals surface area contributed by atoms with Crippen molar-refractivity contribution in [2.75, 3.05) is 16.0 Å². The van der Waals surface area contributed by atoms with Gasteiger partial charge >= 0.3 is 0 Å². The first-order valence-corrected chi connectivity index (χ1v) is 8.90. The number of nitrogens with zero attached hydrogens (tertiary/aromatic N) is 1. The second kappa shape index (κ2) is 8.35. The molecule has 0 bridgehead atoms. The lowest BCUT2D eigenvalue weighted by molar-refractivity contribution is -0.114. The second-order valence-corrected chi connectivity index (χ2v) is 6.59. The molecule has 0 spiro atoms. The summed E-state index contributed by atoms with van der Waals surface area (Å²) >= 11 is 0. The maximum Gasteiger partial charge on any atom is 0.274 e. The Bertz CT molecular complexity index is 1010. The molecule has 3 rings (SSSR count). The molecule has 0 aliphatic heterocycles. The third-order valence-corrected chi connectivity index (χ3v) is 4.11. The predicted molar refractivity (Wildman–Crippen MR) is 112 cm³/mol. The van der Waals surface area contributed by atoms with Crippen LogP contribution in [0.1, 0.15) is 28.5 Å². The van der Waals surface area contributed by atoms with Gasteiger partial charge in [-0.05, 0) is 61.4 Å². The van der Waals surface area contributed by atoms with E-state index in [9.17, 15) is 9.59 Å². The maximum absolute atomic E-state index is 12.5. The highest BCUT2D eigenvalue weighted by Crippen LogP contribution is 2.21. The quantitative estimate of drug-likeness (QED) is 0.607. The second-order valence-electron chi connectivity index (χ2n) is 6.59. The SMILES string of the molecule is CC(=O)Nc1cccc(Nc2ccc(C(=O)Nc3cc(C)ccc3C)nc2)c1. The molecule has 1 heterocycles. The predicted octanol–water partition coefficient (Wildman–Crippen LogP) is 4.65. The molecule has 0 radical (unpaired) electrons. The highest BCUT2D eigenvalue weighted by Gasteiger charge is 2.09. The summed E-state index contributed by atoms with van der Waals surface area (Å²) in [6.07, 6.45) is 1.60. The number of pyridine rings is 1. The van der Waals surface area contributed by atoms with Crippen molar-refractivity contribution in [1.82, 2.24) is 4.98 Å². The van der Waals surface area contributed by atoms with Gasteiger partial charge in [0, 0.05) is 24.0 Å². The molecule has 2 aromatic carbocycles. The fourth-order valence-corrected chi connectivity index (χ4v) is 2.70. The molecule has 1 aromatic heterocycles. The van der Waals surface area contributed by atoms with Crippen molar-refractivity contribution in [3.63, 3.8) is 0 Å². The lowest BCUT2D eigenvalue weighted by Gasteiger charge is -2.10. The minimum Gasteiger partial charge on any atom is -0.354 e. The number of hydrogen-bond donors (Lipinski definition) is 3. The number of carbonyl (C=O) groups excluding carboxylic acids is 2. The number of nitrogens with one attached hydrogen (secondary N) is 3. The first kappa shape index (κ1) is 19.1. The van der Waals surface area contributed by atoms with Crippen molar-refractivity contribution < 1.29 is 9.59 Å². The van der Waals surface area contributed by atoms with Crippen LogP contribution in [0.5, 0.6) is 0 Å². The molecular weight excluding hydrogens is 352 g/mol. The Morgan fingerprint density at radius 1 is 0.857 bits per heavy atom. The zero-order valence-corrected chi connectivity index (χ0v) is 16.0. The normalized spacial score (nSPS) is 10.2. The highest BCUT2D eigenvalue weighted by atomic mass is 16.2. The summed E-state index contributed by atoms with van der Waals surface area (Å²) in [5, 5.41) is 8.84. The van der Waals surface area contributed by atoms with Crippen LogP contribution in [0.2, 0.25) is 0 Å². The third-order valence-electron chi connectivity index (χ3n) is 4.11. The molecular formula is C22H22N4O2. The first-order valence-electron chi connectivity index (χ1n) is 8.90. The lowest BCUT2D eigenvalue weighted by atomic mass is 10.1. The molecule has 6 nitrogen and oxygen atoms in total. The van der Waals surface area contributed by atoms with E-state index in [4.69, 9.17) is 0 Å². The van der Waals surface area contributed by atoms with E-state index in [1.165, 1.54) is 6.92 Å². The van der Waals surface area contributed by atoms with E-state index in [1.807, 2.05) is 56.3 Å². The summed E-state index contributed by atoms with van der Waals surface area (Å²) in [6, 6.07) is 16.7. The summed E-state index contributed by atoms with van der Waals surface area (Å²) in [5.74, 6) is -0.383. The van der Waals surface area contributed by atoms with E-state index < -0.39 is 0 Å². The van der Waals surface area contributed by atoms with Crippen molar-refractivity contribution in [3.8, 4) is 0 Å². The molecule has 2 amide bonds. The fourth-order valence-electron chi connectivity index (χ4n) is 2.70. The van der Waals surface area contributed by atoms with Crippen molar-refractivity contribution in [3.05, 3.63) is 77.6 Å². The number of aromatic nitrogens is 1. The van der Waals surface area contributed by atoms with Crippen molar-refractivity contribution in [2.24, 2.45) is 0 Å². The van der Waals surface area contributed by atoms with Crippen molar-refractivity contribution in [1.29, 1.82) is 0 Å². The number of aryl methyl sites for hydroxylation is 2. The van der Waals surface area contributed by atoms with Gasteiger partial charge in [0.25, 0.3) is 5.91 Å². The molecule has 0 aliphatic carbocycles. The van der Waals surface area contributed by atoms with E-state index in [-0.39, 0.29) is 11.8 Å². The number of benzene rings is 2. The van der Waals surface area contributed by atoms with E-state index in [0.717, 1.165) is 28.2 Å². The molecule has 3 aromatic rings. The minimum atomic E-state index is -0.257. The van der Waals surface area contributed by atoms with Gasteiger partial charge in [0.2, 0.25) is 5.91 Å². The molecule has 0 saturated heterocycles. The molecule has 3 N–H and O–H groups in total. The summed E-state index contributed by atoms with van der Waals surface area (Å²) in [4.78, 5) is 27.9. The van der Waals surface area contributed by atoms with Gasteiger partial charge < -0.3 is 16.0 Å². The van der Waals surface area contributed by atoms with Crippen LogP contribution < -0.4 is 16.0 Å². The Morgan fingerprint density at radius 2 is 1.64 bits per heavy atom. The molecule has 0 fully saturated rings. The van der Waals surface area contributed by atoms with Gasteiger partial charge in [-0.15, -0.1) is 0 Å². The minimum absolute atomic E-state index is 0.127. The van der Waals surface area contributed by atoms with Gasteiger partial charge in [-0.1, -0.05) is 18.2 Å². The van der Waals surface area contributed by atoms with Gasteiger partial charge in [-0.25, -0.2) is 4.98 Å². The van der Waals surface area contributed by atoms with Crippen LogP contribution in [0.25, 0.3) is 0 Å². The number of anilines is 4. The maximum atomic E-state index is 12.5. The molecule has 0 unspecified atom stereocenters. The van der Waals surface area contributed by atoms with Crippen LogP contribution in [0.3, 0.4) is 0 Å². The number of carbonyl (C=O) groups is 2. The smallest absolute Gasteiger partial charge is 0.274 e. The van der Waals surface area contributed by atoms with E-state index in [2.05, 4.69) is 20.9 Å². The Morgan fingerprint density at radius 3 is 2.36 bits per heavy atom. The number of rotatable bonds is 5. The summed E-state index contributed by atoms with van der Waals surface area (Å²) in [5.41, 5.74) is 5.44. The molecule has 0 atom stereocenters. The van der Waals surface area contributed by atoms with Crippen molar-refractivity contribution in [2.45, 2.75) is 20.8 Å². The average molecular weight is 374 g/mol. The highest BCUT2D eigenvalue weighted by molar-refractivity contribution is 6.03. The van der Waals surface area contributed by atoms with Crippen LogP contribution in [0.4, 0.5) is 22.7 Å². The Kier molecular flexibility index (Phi) is 5.69. The van der Waals surface area contributed by atoms with Gasteiger partial charge in [0.15, 0.2) is 0 Å². The van der Waals surface area contributed by atoms with Gasteiger partial charge in [0.1, 0.15) is 5.69 Å². The van der Waals surface area contributed by atoms with Gasteiger partial charge in [-0.3, -0.25) is 9.59 Å².